The molecule has 7 nitrogen and oxygen atoms in total. The summed E-state index contributed by atoms with van der Waals surface area (Å²) in [6.45, 7) is 0. The number of esters is 2. The van der Waals surface area contributed by atoms with Gasteiger partial charge in [-0.3, -0.25) is 9.59 Å². The molecule has 1 aromatic carbocycles. The zero-order valence-corrected chi connectivity index (χ0v) is 14.0. The molecular formula is C16H22O7. The van der Waals surface area contributed by atoms with Crippen LogP contribution in [0.2, 0.25) is 0 Å². The van der Waals surface area contributed by atoms with Crippen LogP contribution in [0.4, 0.5) is 0 Å². The van der Waals surface area contributed by atoms with E-state index >= 15 is 0 Å². The van der Waals surface area contributed by atoms with E-state index < -0.39 is 17.9 Å². The summed E-state index contributed by atoms with van der Waals surface area (Å²) in [6.07, 6.45) is 0.338. The average Bonchev–Trinajstić information content (AvgIpc) is 2.59. The van der Waals surface area contributed by atoms with E-state index in [2.05, 4.69) is 4.74 Å². The van der Waals surface area contributed by atoms with Crippen molar-refractivity contribution in [3.05, 3.63) is 17.7 Å². The lowest BCUT2D eigenvalue weighted by Gasteiger charge is -2.18. The van der Waals surface area contributed by atoms with Crippen LogP contribution >= 0.6 is 0 Å². The quantitative estimate of drug-likeness (QED) is 0.675. The molecule has 7 heteroatoms. The van der Waals surface area contributed by atoms with E-state index in [1.165, 1.54) is 35.5 Å². The van der Waals surface area contributed by atoms with Gasteiger partial charge in [0, 0.05) is 6.42 Å². The Labute approximate surface area is 135 Å². The van der Waals surface area contributed by atoms with E-state index in [4.69, 9.17) is 18.9 Å². The second-order valence-electron chi connectivity index (χ2n) is 4.65. The zero-order valence-electron chi connectivity index (χ0n) is 14.0. The molecule has 23 heavy (non-hydrogen) atoms. The first-order valence-corrected chi connectivity index (χ1v) is 6.96. The fourth-order valence-corrected chi connectivity index (χ4v) is 2.23. The Kier molecular flexibility index (Phi) is 7.18. The molecule has 0 heterocycles. The molecule has 0 fully saturated rings. The van der Waals surface area contributed by atoms with Gasteiger partial charge in [-0.15, -0.1) is 0 Å². The Balaban J connectivity index is 3.24. The lowest BCUT2D eigenvalue weighted by atomic mass is 9.93. The molecule has 0 N–H and O–H groups in total. The number of benzene rings is 1. The molecule has 0 aliphatic carbocycles. The highest BCUT2D eigenvalue weighted by atomic mass is 16.5. The van der Waals surface area contributed by atoms with Gasteiger partial charge in [-0.2, -0.15) is 0 Å². The van der Waals surface area contributed by atoms with Gasteiger partial charge in [0.15, 0.2) is 11.5 Å². The minimum atomic E-state index is -0.646. The number of hydrogen-bond donors (Lipinski definition) is 0. The smallest absolute Gasteiger partial charge is 0.313 e. The number of hydrogen-bond acceptors (Lipinski definition) is 7. The van der Waals surface area contributed by atoms with E-state index in [1.807, 2.05) is 0 Å². The predicted molar refractivity (Wildman–Crippen MR) is 82.1 cm³/mol. The SMILES string of the molecule is COC(=O)CC[C@@H](C(=O)OC)c1cc(OC)c(OC)c(OC)c1. The Morgan fingerprint density at radius 2 is 1.48 bits per heavy atom. The van der Waals surface area contributed by atoms with Crippen LogP contribution in [0.25, 0.3) is 0 Å². The third kappa shape index (κ3) is 4.51. The molecule has 0 spiro atoms. The maximum absolute atomic E-state index is 12.1. The van der Waals surface area contributed by atoms with E-state index in [0.29, 0.717) is 22.8 Å². The van der Waals surface area contributed by atoms with Crippen molar-refractivity contribution in [2.75, 3.05) is 35.5 Å². The number of carbonyl (C=O) groups is 2. The molecule has 1 rings (SSSR count). The van der Waals surface area contributed by atoms with Crippen molar-refractivity contribution in [2.45, 2.75) is 18.8 Å². The van der Waals surface area contributed by atoms with Crippen molar-refractivity contribution >= 4 is 11.9 Å². The lowest BCUT2D eigenvalue weighted by molar-refractivity contribution is -0.143. The van der Waals surface area contributed by atoms with Gasteiger partial charge in [0.2, 0.25) is 5.75 Å². The van der Waals surface area contributed by atoms with Crippen LogP contribution in [0.3, 0.4) is 0 Å². The molecule has 0 aromatic heterocycles. The summed E-state index contributed by atoms with van der Waals surface area (Å²) >= 11 is 0. The summed E-state index contributed by atoms with van der Waals surface area (Å²) in [7, 11) is 7.07. The molecule has 0 aliphatic heterocycles. The summed E-state index contributed by atoms with van der Waals surface area (Å²) in [6, 6.07) is 3.33. The first-order valence-electron chi connectivity index (χ1n) is 6.96. The molecule has 0 amide bonds. The summed E-state index contributed by atoms with van der Waals surface area (Å²) < 4.78 is 25.3. The second kappa shape index (κ2) is 8.87. The molecule has 0 bridgehead atoms. The van der Waals surface area contributed by atoms with Crippen LogP contribution in [0.5, 0.6) is 17.2 Å². The Morgan fingerprint density at radius 3 is 1.87 bits per heavy atom. The van der Waals surface area contributed by atoms with Gasteiger partial charge in [0.05, 0.1) is 41.5 Å². The third-order valence-electron chi connectivity index (χ3n) is 3.44. The van der Waals surface area contributed by atoms with Gasteiger partial charge in [-0.25, -0.2) is 0 Å². The van der Waals surface area contributed by atoms with Crippen LogP contribution in [0.1, 0.15) is 24.3 Å². The van der Waals surface area contributed by atoms with Crippen LogP contribution in [-0.4, -0.2) is 47.5 Å². The van der Waals surface area contributed by atoms with Gasteiger partial charge in [0.25, 0.3) is 0 Å². The van der Waals surface area contributed by atoms with E-state index in [9.17, 15) is 9.59 Å². The van der Waals surface area contributed by atoms with Crippen molar-refractivity contribution in [1.82, 2.24) is 0 Å². The minimum absolute atomic E-state index is 0.0902. The van der Waals surface area contributed by atoms with Crippen molar-refractivity contribution in [3.63, 3.8) is 0 Å². The van der Waals surface area contributed by atoms with Crippen molar-refractivity contribution in [1.29, 1.82) is 0 Å². The highest BCUT2D eigenvalue weighted by molar-refractivity contribution is 5.80. The molecule has 128 valence electrons. The standard InChI is InChI=1S/C16H22O7/c1-19-12-8-10(9-13(20-2)15(12)22-4)11(16(18)23-5)6-7-14(17)21-3/h8-9,11H,6-7H2,1-5H3/t11-/m1/s1. The summed E-state index contributed by atoms with van der Waals surface area (Å²) in [5.41, 5.74) is 0.607. The Morgan fingerprint density at radius 1 is 0.913 bits per heavy atom. The van der Waals surface area contributed by atoms with E-state index in [1.54, 1.807) is 12.1 Å². The van der Waals surface area contributed by atoms with Crippen LogP contribution in [-0.2, 0) is 19.1 Å². The maximum atomic E-state index is 12.1. The maximum Gasteiger partial charge on any atom is 0.313 e. The van der Waals surface area contributed by atoms with Gasteiger partial charge in [-0.05, 0) is 24.1 Å². The van der Waals surface area contributed by atoms with E-state index in [-0.39, 0.29) is 12.8 Å². The normalized spacial score (nSPS) is 11.3. The number of rotatable bonds is 8. The van der Waals surface area contributed by atoms with Gasteiger partial charge in [-0.1, -0.05) is 0 Å². The largest absolute Gasteiger partial charge is 0.493 e. The molecule has 1 aromatic rings. The summed E-state index contributed by atoms with van der Waals surface area (Å²) in [4.78, 5) is 23.4. The molecule has 1 atom stereocenters. The minimum Gasteiger partial charge on any atom is -0.493 e. The predicted octanol–water partition coefficient (Wildman–Crippen LogP) is 1.92. The van der Waals surface area contributed by atoms with Crippen LogP contribution in [0, 0.1) is 0 Å². The highest BCUT2D eigenvalue weighted by Crippen LogP contribution is 2.41. The fraction of sp³-hybridized carbons (Fsp3) is 0.500. The van der Waals surface area contributed by atoms with Gasteiger partial charge >= 0.3 is 11.9 Å². The molecule has 0 saturated carbocycles. The molecule has 0 aliphatic rings. The number of carbonyl (C=O) groups excluding carboxylic acids is 2. The van der Waals surface area contributed by atoms with Crippen LogP contribution < -0.4 is 14.2 Å². The molecule has 0 unspecified atom stereocenters. The van der Waals surface area contributed by atoms with Crippen molar-refractivity contribution < 1.29 is 33.3 Å². The zero-order chi connectivity index (χ0) is 17.4. The monoisotopic (exact) mass is 326 g/mol. The Hall–Kier alpha value is -2.44. The fourth-order valence-electron chi connectivity index (χ4n) is 2.23. The molecular weight excluding hydrogens is 304 g/mol. The average molecular weight is 326 g/mol. The highest BCUT2D eigenvalue weighted by Gasteiger charge is 2.26. The van der Waals surface area contributed by atoms with E-state index in [0.717, 1.165) is 0 Å². The Bertz CT molecular complexity index is 528. The number of ether oxygens (including phenoxy) is 5. The molecule has 0 saturated heterocycles. The first kappa shape index (κ1) is 18.6. The van der Waals surface area contributed by atoms with Crippen molar-refractivity contribution in [2.24, 2.45) is 0 Å². The van der Waals surface area contributed by atoms with Crippen LogP contribution in [0.15, 0.2) is 12.1 Å². The second-order valence-corrected chi connectivity index (χ2v) is 4.65. The summed E-state index contributed by atoms with van der Waals surface area (Å²) in [5.74, 6) is -0.222. The molecule has 0 radical (unpaired) electrons. The van der Waals surface area contributed by atoms with Gasteiger partial charge in [0.1, 0.15) is 0 Å². The first-order chi connectivity index (χ1) is 11.0. The van der Waals surface area contributed by atoms with Gasteiger partial charge < -0.3 is 23.7 Å². The lowest BCUT2D eigenvalue weighted by Crippen LogP contribution is -2.16. The van der Waals surface area contributed by atoms with Crippen molar-refractivity contribution in [3.8, 4) is 17.2 Å². The summed E-state index contributed by atoms with van der Waals surface area (Å²) in [5, 5.41) is 0. The third-order valence-corrected chi connectivity index (χ3v) is 3.44. The topological polar surface area (TPSA) is 80.3 Å². The number of methoxy groups -OCH3 is 5.